The van der Waals surface area contributed by atoms with Gasteiger partial charge in [0.25, 0.3) is 5.91 Å². The minimum Gasteiger partial charge on any atom is -0.358 e. The Kier molecular flexibility index (Phi) is 6.23. The summed E-state index contributed by atoms with van der Waals surface area (Å²) in [4.78, 5) is 24.3. The third-order valence-corrected chi connectivity index (χ3v) is 3.18. The fourth-order valence-electron chi connectivity index (χ4n) is 1.81. The second kappa shape index (κ2) is 7.68. The van der Waals surface area contributed by atoms with Crippen LogP contribution in [0.4, 0.5) is 8.78 Å². The Morgan fingerprint density at radius 2 is 2.05 bits per heavy atom. The molecule has 0 fully saturated rings. The quantitative estimate of drug-likeness (QED) is 0.764. The van der Waals surface area contributed by atoms with Gasteiger partial charge in [-0.2, -0.15) is 0 Å². The van der Waals surface area contributed by atoms with E-state index in [0.717, 1.165) is 6.07 Å². The van der Waals surface area contributed by atoms with E-state index in [-0.39, 0.29) is 30.9 Å². The number of carbonyl (C=O) groups excluding carboxylic acids is 2. The second-order valence-corrected chi connectivity index (χ2v) is 4.82. The van der Waals surface area contributed by atoms with Crippen LogP contribution in [-0.4, -0.2) is 43.9 Å². The Morgan fingerprint density at radius 1 is 1.38 bits per heavy atom. The first-order chi connectivity index (χ1) is 9.85. The maximum Gasteiger partial charge on any atom is 0.277 e. The Balaban J connectivity index is 2.54. The SMILES string of the molecule is CNC(=O)CN(C)C(=O)C[NH2+][C@H](C)c1ccc(F)cc1F. The topological polar surface area (TPSA) is 66.0 Å². The molecule has 0 saturated heterocycles. The van der Waals surface area contributed by atoms with Gasteiger partial charge >= 0.3 is 0 Å². The minimum absolute atomic E-state index is 0.0253. The van der Waals surface area contributed by atoms with E-state index in [4.69, 9.17) is 0 Å². The van der Waals surface area contributed by atoms with Gasteiger partial charge in [0.2, 0.25) is 5.91 Å². The highest BCUT2D eigenvalue weighted by molar-refractivity contribution is 5.84. The number of quaternary nitrogens is 1. The summed E-state index contributed by atoms with van der Waals surface area (Å²) in [5.41, 5.74) is 0.332. The second-order valence-electron chi connectivity index (χ2n) is 4.82. The number of benzene rings is 1. The molecule has 0 aliphatic heterocycles. The van der Waals surface area contributed by atoms with Crippen molar-refractivity contribution in [2.75, 3.05) is 27.2 Å². The third-order valence-electron chi connectivity index (χ3n) is 3.18. The number of likely N-dealkylation sites (N-methyl/N-ethyl adjacent to an activating group) is 2. The van der Waals surface area contributed by atoms with Crippen LogP contribution in [0.1, 0.15) is 18.5 Å². The van der Waals surface area contributed by atoms with Crippen molar-refractivity contribution in [1.29, 1.82) is 0 Å². The van der Waals surface area contributed by atoms with E-state index in [2.05, 4.69) is 5.32 Å². The van der Waals surface area contributed by atoms with E-state index in [9.17, 15) is 18.4 Å². The maximum atomic E-state index is 13.6. The molecule has 1 atom stereocenters. The van der Waals surface area contributed by atoms with E-state index in [1.165, 1.54) is 31.1 Å². The first-order valence-electron chi connectivity index (χ1n) is 6.58. The average molecular weight is 300 g/mol. The molecule has 0 saturated carbocycles. The summed E-state index contributed by atoms with van der Waals surface area (Å²) in [7, 11) is 3.01. The number of halogens is 2. The van der Waals surface area contributed by atoms with Crippen LogP contribution in [0.15, 0.2) is 18.2 Å². The smallest absolute Gasteiger partial charge is 0.277 e. The van der Waals surface area contributed by atoms with Crippen LogP contribution in [0.2, 0.25) is 0 Å². The van der Waals surface area contributed by atoms with Crippen molar-refractivity contribution in [3.05, 3.63) is 35.4 Å². The molecule has 0 bridgehead atoms. The summed E-state index contributed by atoms with van der Waals surface area (Å²) in [6.07, 6.45) is 0. The first kappa shape index (κ1) is 17.0. The summed E-state index contributed by atoms with van der Waals surface area (Å²) in [6, 6.07) is 3.04. The lowest BCUT2D eigenvalue weighted by Crippen LogP contribution is -2.87. The molecule has 7 heteroatoms. The molecule has 0 radical (unpaired) electrons. The predicted octanol–water partition coefficient (Wildman–Crippen LogP) is -0.206. The van der Waals surface area contributed by atoms with Crippen molar-refractivity contribution >= 4 is 11.8 Å². The number of nitrogens with zero attached hydrogens (tertiary/aromatic N) is 1. The van der Waals surface area contributed by atoms with Crippen molar-refractivity contribution in [3.63, 3.8) is 0 Å². The lowest BCUT2D eigenvalue weighted by molar-refractivity contribution is -0.683. The molecule has 1 aromatic rings. The number of hydrogen-bond acceptors (Lipinski definition) is 2. The molecule has 116 valence electrons. The number of nitrogens with two attached hydrogens (primary N) is 1. The van der Waals surface area contributed by atoms with Crippen molar-refractivity contribution < 1.29 is 23.7 Å². The zero-order valence-electron chi connectivity index (χ0n) is 12.3. The van der Waals surface area contributed by atoms with Gasteiger partial charge in [-0.05, 0) is 19.1 Å². The Labute approximate surface area is 122 Å². The third kappa shape index (κ3) is 5.11. The lowest BCUT2D eigenvalue weighted by Gasteiger charge is -2.17. The molecule has 0 aromatic heterocycles. The maximum absolute atomic E-state index is 13.6. The molecule has 0 spiro atoms. The monoisotopic (exact) mass is 300 g/mol. The van der Waals surface area contributed by atoms with Crippen molar-refractivity contribution in [3.8, 4) is 0 Å². The van der Waals surface area contributed by atoms with Gasteiger partial charge in [-0.3, -0.25) is 9.59 Å². The molecular weight excluding hydrogens is 280 g/mol. The number of rotatable bonds is 6. The van der Waals surface area contributed by atoms with Crippen LogP contribution < -0.4 is 10.6 Å². The molecule has 0 unspecified atom stereocenters. The molecule has 1 rings (SSSR count). The molecule has 21 heavy (non-hydrogen) atoms. The van der Waals surface area contributed by atoms with Gasteiger partial charge in [0.15, 0.2) is 6.54 Å². The lowest BCUT2D eigenvalue weighted by atomic mass is 10.1. The highest BCUT2D eigenvalue weighted by atomic mass is 19.1. The zero-order valence-corrected chi connectivity index (χ0v) is 12.3. The Hall–Kier alpha value is -2.02. The fraction of sp³-hybridized carbons (Fsp3) is 0.429. The molecular formula is C14H20F2N3O2+. The molecule has 5 nitrogen and oxygen atoms in total. The summed E-state index contributed by atoms with van der Waals surface area (Å²) in [6.45, 7) is 1.77. The van der Waals surface area contributed by atoms with Gasteiger partial charge in [-0.15, -0.1) is 0 Å². The molecule has 0 aliphatic carbocycles. The summed E-state index contributed by atoms with van der Waals surface area (Å²) in [5.74, 6) is -1.77. The number of amides is 2. The molecule has 1 aromatic carbocycles. The predicted molar refractivity (Wildman–Crippen MR) is 73.3 cm³/mol. The Bertz CT molecular complexity index is 523. The number of nitrogens with one attached hydrogen (secondary N) is 1. The highest BCUT2D eigenvalue weighted by Crippen LogP contribution is 2.14. The zero-order chi connectivity index (χ0) is 16.0. The highest BCUT2D eigenvalue weighted by Gasteiger charge is 2.18. The molecule has 0 aliphatic rings. The number of carbonyl (C=O) groups is 2. The van der Waals surface area contributed by atoms with Crippen LogP contribution in [0.25, 0.3) is 0 Å². The molecule has 3 N–H and O–H groups in total. The van der Waals surface area contributed by atoms with Crippen LogP contribution >= 0.6 is 0 Å². The summed E-state index contributed by atoms with van der Waals surface area (Å²) >= 11 is 0. The normalized spacial score (nSPS) is 11.9. The summed E-state index contributed by atoms with van der Waals surface area (Å²) < 4.78 is 26.4. The van der Waals surface area contributed by atoms with Gasteiger partial charge in [-0.25, -0.2) is 8.78 Å². The van der Waals surface area contributed by atoms with E-state index in [1.54, 1.807) is 12.2 Å². The number of hydrogen-bond donors (Lipinski definition) is 2. The van der Waals surface area contributed by atoms with E-state index >= 15 is 0 Å². The fourth-order valence-corrected chi connectivity index (χ4v) is 1.81. The Morgan fingerprint density at radius 3 is 2.62 bits per heavy atom. The largest absolute Gasteiger partial charge is 0.358 e. The molecule has 0 heterocycles. The van der Waals surface area contributed by atoms with Gasteiger partial charge < -0.3 is 15.5 Å². The van der Waals surface area contributed by atoms with Gasteiger partial charge in [0.1, 0.15) is 17.7 Å². The van der Waals surface area contributed by atoms with E-state index < -0.39 is 11.6 Å². The van der Waals surface area contributed by atoms with Crippen molar-refractivity contribution in [2.45, 2.75) is 13.0 Å². The minimum atomic E-state index is -0.634. The van der Waals surface area contributed by atoms with E-state index in [1.807, 2.05) is 0 Å². The summed E-state index contributed by atoms with van der Waals surface area (Å²) in [5, 5.41) is 4.06. The van der Waals surface area contributed by atoms with Crippen molar-refractivity contribution in [1.82, 2.24) is 10.2 Å². The van der Waals surface area contributed by atoms with Crippen LogP contribution in [0.5, 0.6) is 0 Å². The van der Waals surface area contributed by atoms with Gasteiger partial charge in [-0.1, -0.05) is 0 Å². The first-order valence-corrected chi connectivity index (χ1v) is 6.58. The molecule has 2 amide bonds. The van der Waals surface area contributed by atoms with E-state index in [0.29, 0.717) is 5.56 Å². The van der Waals surface area contributed by atoms with Crippen LogP contribution in [-0.2, 0) is 9.59 Å². The van der Waals surface area contributed by atoms with Gasteiger partial charge in [0.05, 0.1) is 6.54 Å². The standard InChI is InChI=1S/C14H19F2N3O2/c1-9(11-5-4-10(15)6-12(11)16)18-7-14(21)19(3)8-13(20)17-2/h4-6,9,18H,7-8H2,1-3H3,(H,17,20)/p+1/t9-/m1/s1. The van der Waals surface area contributed by atoms with Crippen molar-refractivity contribution in [2.24, 2.45) is 0 Å². The van der Waals surface area contributed by atoms with Crippen LogP contribution in [0.3, 0.4) is 0 Å². The van der Waals surface area contributed by atoms with Crippen LogP contribution in [0, 0.1) is 11.6 Å². The van der Waals surface area contributed by atoms with Gasteiger partial charge in [0, 0.05) is 25.7 Å². The average Bonchev–Trinajstić information content (AvgIpc) is 2.43.